The number of aliphatic imine (C=N–C) groups is 2. The highest BCUT2D eigenvalue weighted by molar-refractivity contribution is 6.14. The molecule has 8 heteroatoms. The monoisotopic (exact) mass is 776 g/mol. The lowest BCUT2D eigenvalue weighted by Crippen LogP contribution is -2.04. The molecule has 0 spiro atoms. The zero-order chi connectivity index (χ0) is 39.6. The summed E-state index contributed by atoms with van der Waals surface area (Å²) in [6.07, 6.45) is 0. The number of nitrogens with zero attached hydrogens (tertiary/aromatic N) is 6. The second-order valence-electron chi connectivity index (χ2n) is 15.2. The van der Waals surface area contributed by atoms with Crippen LogP contribution in [0.4, 0.5) is 0 Å². The van der Waals surface area contributed by atoms with E-state index in [0.29, 0.717) is 38.1 Å². The summed E-state index contributed by atoms with van der Waals surface area (Å²) in [4.78, 5) is 19.0. The van der Waals surface area contributed by atoms with Crippen LogP contribution in [0.2, 0.25) is 0 Å². The summed E-state index contributed by atoms with van der Waals surface area (Å²) in [7, 11) is 0. The van der Waals surface area contributed by atoms with Crippen LogP contribution in [0.5, 0.6) is 0 Å². The number of rotatable bonds is 7. The normalized spacial score (nSPS) is 13.9. The molecule has 0 N–H and O–H groups in total. The van der Waals surface area contributed by atoms with Crippen molar-refractivity contribution in [3.8, 4) is 45.0 Å². The first-order valence-corrected chi connectivity index (χ1v) is 20.3. The fourth-order valence-corrected chi connectivity index (χ4v) is 8.84. The average molecular weight is 777 g/mol. The van der Waals surface area contributed by atoms with Gasteiger partial charge in [-0.05, 0) is 108 Å². The molecule has 0 saturated carbocycles. The quantitative estimate of drug-likeness (QED) is 0.161. The summed E-state index contributed by atoms with van der Waals surface area (Å²) in [6.45, 7) is 2.51. The summed E-state index contributed by atoms with van der Waals surface area (Å²) in [5.74, 6) is 1.22. The van der Waals surface area contributed by atoms with Crippen LogP contribution in [-0.2, 0) is 9.47 Å². The molecule has 60 heavy (non-hydrogen) atoms. The Balaban J connectivity index is 1.03. The van der Waals surface area contributed by atoms with E-state index in [2.05, 4.69) is 165 Å². The number of pyridine rings is 2. The van der Waals surface area contributed by atoms with Crippen molar-refractivity contribution in [3.05, 3.63) is 181 Å². The summed E-state index contributed by atoms with van der Waals surface area (Å²) in [5, 5.41) is 4.66. The minimum atomic E-state index is 0.594. The molecule has 10 aromatic rings. The van der Waals surface area contributed by atoms with Gasteiger partial charge in [0.1, 0.15) is 24.6 Å². The van der Waals surface area contributed by atoms with E-state index in [1.54, 1.807) is 0 Å². The minimum Gasteiger partial charge on any atom is -0.474 e. The van der Waals surface area contributed by atoms with E-state index < -0.39 is 0 Å². The van der Waals surface area contributed by atoms with Gasteiger partial charge in [-0.15, -0.1) is 0 Å². The van der Waals surface area contributed by atoms with Crippen LogP contribution in [0.1, 0.15) is 11.4 Å². The van der Waals surface area contributed by atoms with Crippen LogP contribution in [0.25, 0.3) is 88.6 Å². The van der Waals surface area contributed by atoms with Crippen molar-refractivity contribution in [1.29, 1.82) is 0 Å². The van der Waals surface area contributed by atoms with Gasteiger partial charge in [-0.25, -0.2) is 20.0 Å². The van der Waals surface area contributed by atoms with E-state index in [0.717, 1.165) is 89.2 Å². The highest BCUT2D eigenvalue weighted by atomic mass is 16.5. The third-order valence-corrected chi connectivity index (χ3v) is 11.6. The number of hydrogen-bond acceptors (Lipinski definition) is 6. The predicted octanol–water partition coefficient (Wildman–Crippen LogP) is 11.2. The topological polar surface area (TPSA) is 78.8 Å². The van der Waals surface area contributed by atoms with Gasteiger partial charge in [-0.3, -0.25) is 0 Å². The molecule has 12 rings (SSSR count). The van der Waals surface area contributed by atoms with Crippen LogP contribution in [0, 0.1) is 0 Å². The molecule has 2 aliphatic rings. The zero-order valence-electron chi connectivity index (χ0n) is 32.5. The van der Waals surface area contributed by atoms with Crippen molar-refractivity contribution in [3.63, 3.8) is 0 Å². The van der Waals surface area contributed by atoms with Crippen LogP contribution in [0.3, 0.4) is 0 Å². The van der Waals surface area contributed by atoms with Crippen molar-refractivity contribution in [1.82, 2.24) is 19.1 Å². The number of ether oxygens (including phenoxy) is 2. The highest BCUT2D eigenvalue weighted by Crippen LogP contribution is 2.40. The van der Waals surface area contributed by atoms with E-state index in [-0.39, 0.29) is 0 Å². The number of para-hydroxylation sites is 2. The fourth-order valence-electron chi connectivity index (χ4n) is 8.84. The lowest BCUT2D eigenvalue weighted by atomic mass is 9.99. The van der Waals surface area contributed by atoms with E-state index in [1.165, 1.54) is 10.8 Å². The van der Waals surface area contributed by atoms with E-state index >= 15 is 0 Å². The summed E-state index contributed by atoms with van der Waals surface area (Å²) in [6, 6.07) is 60.3. The first-order chi connectivity index (χ1) is 29.7. The number of fused-ring (bicyclic) bond motifs is 6. The third kappa shape index (κ3) is 5.67. The van der Waals surface area contributed by atoms with Gasteiger partial charge >= 0.3 is 0 Å². The van der Waals surface area contributed by atoms with Crippen molar-refractivity contribution in [2.45, 2.75) is 0 Å². The van der Waals surface area contributed by atoms with E-state index in [1.807, 2.05) is 24.3 Å². The van der Waals surface area contributed by atoms with Gasteiger partial charge in [0, 0.05) is 44.0 Å². The van der Waals surface area contributed by atoms with E-state index in [9.17, 15) is 0 Å². The molecule has 6 aromatic carbocycles. The Hall–Kier alpha value is -7.84. The maximum atomic E-state index is 5.76. The minimum absolute atomic E-state index is 0.594. The Morgan fingerprint density at radius 3 is 1.10 bits per heavy atom. The molecule has 2 aliphatic heterocycles. The number of hydrogen-bond donors (Lipinski definition) is 0. The van der Waals surface area contributed by atoms with Crippen LogP contribution >= 0.6 is 0 Å². The van der Waals surface area contributed by atoms with Gasteiger partial charge in [-0.1, -0.05) is 72.8 Å². The largest absolute Gasteiger partial charge is 0.474 e. The molecule has 0 bridgehead atoms. The maximum absolute atomic E-state index is 5.76. The Morgan fingerprint density at radius 2 is 0.717 bits per heavy atom. The van der Waals surface area contributed by atoms with Crippen LogP contribution in [0.15, 0.2) is 180 Å². The maximum Gasteiger partial charge on any atom is 0.235 e. The second-order valence-corrected chi connectivity index (χ2v) is 15.2. The molecule has 0 radical (unpaired) electrons. The Bertz CT molecular complexity index is 3160. The molecule has 0 aliphatic carbocycles. The molecular formula is C52H36N6O2. The summed E-state index contributed by atoms with van der Waals surface area (Å²) in [5.41, 5.74) is 14.4. The van der Waals surface area contributed by atoms with Crippen molar-refractivity contribution in [2.24, 2.45) is 9.98 Å². The van der Waals surface area contributed by atoms with Gasteiger partial charge in [-0.2, -0.15) is 0 Å². The number of aromatic nitrogens is 4. The molecule has 4 aromatic heterocycles. The Labute approximate surface area is 345 Å². The fraction of sp³-hybridized carbons (Fsp3) is 0.0769. The predicted molar refractivity (Wildman–Crippen MR) is 242 cm³/mol. The molecule has 0 unspecified atom stereocenters. The smallest absolute Gasteiger partial charge is 0.235 e. The third-order valence-electron chi connectivity index (χ3n) is 11.6. The van der Waals surface area contributed by atoms with Crippen molar-refractivity contribution >= 4 is 55.4 Å². The number of benzene rings is 6. The molecule has 0 amide bonds. The zero-order valence-corrected chi connectivity index (χ0v) is 32.5. The summed E-state index contributed by atoms with van der Waals surface area (Å²) < 4.78 is 16.2. The lowest BCUT2D eigenvalue weighted by molar-refractivity contribution is 0.347. The molecular weight excluding hydrogens is 741 g/mol. The average Bonchev–Trinajstić information content (AvgIpc) is 4.16. The highest BCUT2D eigenvalue weighted by Gasteiger charge is 2.19. The lowest BCUT2D eigenvalue weighted by Gasteiger charge is -2.09. The van der Waals surface area contributed by atoms with Crippen molar-refractivity contribution in [2.75, 3.05) is 26.3 Å². The molecule has 286 valence electrons. The van der Waals surface area contributed by atoms with Gasteiger partial charge in [0.15, 0.2) is 0 Å². The van der Waals surface area contributed by atoms with Gasteiger partial charge in [0.2, 0.25) is 11.8 Å². The van der Waals surface area contributed by atoms with Gasteiger partial charge < -0.3 is 18.6 Å². The first-order valence-electron chi connectivity index (χ1n) is 20.3. The van der Waals surface area contributed by atoms with Gasteiger partial charge in [0.25, 0.3) is 0 Å². The van der Waals surface area contributed by atoms with Crippen LogP contribution < -0.4 is 0 Å². The standard InChI is InChI=1S/C52H36N6O2/c1-3-9-37(10-4-1)57-47-21-17-33(29-39(47)41-31-35(19-23-49(41)57)43-13-7-15-45(55-43)51-53-25-27-59-51)34-18-22-48-40(30-34)42-32-36(20-24-50(42)58(48)38-11-5-2-6-12-38)44-14-8-16-46(56-44)52-54-26-28-60-52/h1-24,29-32H,25-28H2. The first kappa shape index (κ1) is 34.2. The molecule has 0 fully saturated rings. The summed E-state index contributed by atoms with van der Waals surface area (Å²) >= 11 is 0. The van der Waals surface area contributed by atoms with Crippen molar-refractivity contribution < 1.29 is 9.47 Å². The van der Waals surface area contributed by atoms with E-state index in [4.69, 9.17) is 19.4 Å². The van der Waals surface area contributed by atoms with Gasteiger partial charge in [0.05, 0.1) is 46.5 Å². The molecule has 0 atom stereocenters. The molecule has 6 heterocycles. The Kier molecular flexibility index (Phi) is 7.94. The molecule has 8 nitrogen and oxygen atoms in total. The second kappa shape index (κ2) is 13.9. The SMILES string of the molecule is c1ccc(-n2c3ccc(-c4ccc5c(c4)c4cc(-c6cccc(C7=NCCO7)n6)ccc4n5-c4ccccc4)cc3c3cc(-c4cccc(C5=NCCO5)n4)ccc32)cc1. The molecule has 0 saturated heterocycles. The Morgan fingerprint density at radius 1 is 0.350 bits per heavy atom. The van der Waals surface area contributed by atoms with Crippen LogP contribution in [-0.4, -0.2) is 57.2 Å².